The molecule has 2 N–H and O–H groups in total. The number of allylic oxidation sites excluding steroid dienone is 1. The highest BCUT2D eigenvalue weighted by atomic mass is 16.4. The van der Waals surface area contributed by atoms with E-state index >= 15 is 0 Å². The molecule has 0 unspecified atom stereocenters. The average molecular weight is 312 g/mol. The van der Waals surface area contributed by atoms with E-state index in [4.69, 9.17) is 0 Å². The fraction of sp³-hybridized carbons (Fsp3) is 0.421. The standard InChI is InChI=1S/C19H24N2O2/c1-21-17-10-6-5-9-15(17)16(18(21)19(22)23)13-20-12-11-14-7-3-2-4-8-14/h5-7,9-10,20H,2-4,8,11-13H2,1H3,(H,22,23). The zero-order chi connectivity index (χ0) is 16.2. The van der Waals surface area contributed by atoms with Gasteiger partial charge in [0.05, 0.1) is 0 Å². The second-order valence-corrected chi connectivity index (χ2v) is 6.24. The van der Waals surface area contributed by atoms with Crippen molar-refractivity contribution in [2.45, 2.75) is 38.6 Å². The fourth-order valence-electron chi connectivity index (χ4n) is 3.52. The number of carbonyl (C=O) groups is 1. The van der Waals surface area contributed by atoms with Gasteiger partial charge < -0.3 is 15.0 Å². The maximum Gasteiger partial charge on any atom is 0.352 e. The van der Waals surface area contributed by atoms with Crippen molar-refractivity contribution in [3.8, 4) is 0 Å². The van der Waals surface area contributed by atoms with Gasteiger partial charge in [-0.25, -0.2) is 4.79 Å². The molecule has 4 heteroatoms. The number of nitrogens with zero attached hydrogens (tertiary/aromatic N) is 1. The van der Waals surface area contributed by atoms with E-state index in [0.29, 0.717) is 12.2 Å². The van der Waals surface area contributed by atoms with Crippen molar-refractivity contribution in [3.05, 3.63) is 47.2 Å². The highest BCUT2D eigenvalue weighted by molar-refractivity contribution is 5.98. The summed E-state index contributed by atoms with van der Waals surface area (Å²) >= 11 is 0. The Hall–Kier alpha value is -2.07. The van der Waals surface area contributed by atoms with Crippen LogP contribution in [0.4, 0.5) is 0 Å². The second-order valence-electron chi connectivity index (χ2n) is 6.24. The summed E-state index contributed by atoms with van der Waals surface area (Å²) in [5, 5.41) is 14.0. The number of carboxylic acid groups (broad SMARTS) is 1. The number of carboxylic acids is 1. The average Bonchev–Trinajstić information content (AvgIpc) is 2.85. The molecule has 1 heterocycles. The van der Waals surface area contributed by atoms with Crippen LogP contribution in [0.3, 0.4) is 0 Å². The molecular formula is C19H24N2O2. The van der Waals surface area contributed by atoms with Crippen molar-refractivity contribution in [1.82, 2.24) is 9.88 Å². The minimum absolute atomic E-state index is 0.385. The summed E-state index contributed by atoms with van der Waals surface area (Å²) in [7, 11) is 1.82. The van der Waals surface area contributed by atoms with E-state index in [1.165, 1.54) is 25.7 Å². The van der Waals surface area contributed by atoms with Crippen molar-refractivity contribution in [1.29, 1.82) is 0 Å². The number of hydrogen-bond donors (Lipinski definition) is 2. The first-order valence-corrected chi connectivity index (χ1v) is 8.36. The van der Waals surface area contributed by atoms with Gasteiger partial charge in [0.25, 0.3) is 0 Å². The van der Waals surface area contributed by atoms with Gasteiger partial charge in [-0.05, 0) is 44.7 Å². The Morgan fingerprint density at radius 2 is 2.13 bits per heavy atom. The normalized spacial score (nSPS) is 14.9. The molecule has 0 bridgehead atoms. The van der Waals surface area contributed by atoms with Crippen molar-refractivity contribution < 1.29 is 9.90 Å². The number of rotatable bonds is 6. The van der Waals surface area contributed by atoms with Gasteiger partial charge in [0.15, 0.2) is 0 Å². The van der Waals surface area contributed by atoms with Crippen LogP contribution in [0.1, 0.15) is 48.2 Å². The number of fused-ring (bicyclic) bond motifs is 1. The van der Waals surface area contributed by atoms with Crippen molar-refractivity contribution in [3.63, 3.8) is 0 Å². The lowest BCUT2D eigenvalue weighted by molar-refractivity contribution is 0.0685. The Balaban J connectivity index is 1.73. The molecule has 0 atom stereocenters. The van der Waals surface area contributed by atoms with Crippen LogP contribution in [0, 0.1) is 0 Å². The molecule has 122 valence electrons. The Labute approximate surface area is 136 Å². The second kappa shape index (κ2) is 7.01. The van der Waals surface area contributed by atoms with Gasteiger partial charge in [0, 0.05) is 30.1 Å². The predicted octanol–water partition coefficient (Wildman–Crippen LogP) is 3.86. The first-order valence-electron chi connectivity index (χ1n) is 8.36. The molecule has 2 aromatic rings. The van der Waals surface area contributed by atoms with Gasteiger partial charge in [0.1, 0.15) is 5.69 Å². The quantitative estimate of drug-likeness (QED) is 0.629. The topological polar surface area (TPSA) is 54.3 Å². The number of nitrogens with one attached hydrogen (secondary N) is 1. The zero-order valence-electron chi connectivity index (χ0n) is 13.6. The van der Waals surface area contributed by atoms with Crippen LogP contribution < -0.4 is 5.32 Å². The molecule has 1 aliphatic rings. The molecule has 0 radical (unpaired) electrons. The number of hydrogen-bond acceptors (Lipinski definition) is 2. The monoisotopic (exact) mass is 312 g/mol. The highest BCUT2D eigenvalue weighted by Crippen LogP contribution is 2.25. The summed E-state index contributed by atoms with van der Waals surface area (Å²) in [5.41, 5.74) is 3.78. The lowest BCUT2D eigenvalue weighted by Gasteiger charge is -2.13. The van der Waals surface area contributed by atoms with Crippen LogP contribution in [0.15, 0.2) is 35.9 Å². The maximum absolute atomic E-state index is 11.6. The van der Waals surface area contributed by atoms with Gasteiger partial charge >= 0.3 is 5.97 Å². The van der Waals surface area contributed by atoms with Crippen LogP contribution in [-0.2, 0) is 13.6 Å². The van der Waals surface area contributed by atoms with Gasteiger partial charge in [0.2, 0.25) is 0 Å². The summed E-state index contributed by atoms with van der Waals surface area (Å²) < 4.78 is 1.78. The number of para-hydroxylation sites is 1. The molecule has 0 amide bonds. The van der Waals surface area contributed by atoms with Gasteiger partial charge in [-0.1, -0.05) is 29.8 Å². The summed E-state index contributed by atoms with van der Waals surface area (Å²) in [6, 6.07) is 7.88. The van der Waals surface area contributed by atoms with E-state index in [2.05, 4.69) is 11.4 Å². The van der Waals surface area contributed by atoms with Gasteiger partial charge in [-0.2, -0.15) is 0 Å². The Morgan fingerprint density at radius 1 is 1.30 bits per heavy atom. The molecule has 1 aromatic heterocycles. The molecule has 1 aliphatic carbocycles. The van der Waals surface area contributed by atoms with Crippen molar-refractivity contribution in [2.24, 2.45) is 7.05 Å². The fourth-order valence-corrected chi connectivity index (χ4v) is 3.52. The third kappa shape index (κ3) is 3.32. The number of benzene rings is 1. The van der Waals surface area contributed by atoms with Crippen LogP contribution in [0.2, 0.25) is 0 Å². The molecule has 0 saturated carbocycles. The van der Waals surface area contributed by atoms with Crippen LogP contribution in [0.25, 0.3) is 10.9 Å². The smallest absolute Gasteiger partial charge is 0.352 e. The van der Waals surface area contributed by atoms with Crippen LogP contribution >= 0.6 is 0 Å². The predicted molar refractivity (Wildman–Crippen MR) is 92.8 cm³/mol. The van der Waals surface area contributed by atoms with E-state index < -0.39 is 5.97 Å². The minimum Gasteiger partial charge on any atom is -0.477 e. The van der Waals surface area contributed by atoms with E-state index in [1.54, 1.807) is 10.1 Å². The lowest BCUT2D eigenvalue weighted by Crippen LogP contribution is -2.18. The molecule has 1 aromatic carbocycles. The zero-order valence-corrected chi connectivity index (χ0v) is 13.6. The Morgan fingerprint density at radius 3 is 2.87 bits per heavy atom. The summed E-state index contributed by atoms with van der Waals surface area (Å²) in [6.07, 6.45) is 8.48. The highest BCUT2D eigenvalue weighted by Gasteiger charge is 2.19. The van der Waals surface area contributed by atoms with E-state index in [-0.39, 0.29) is 0 Å². The maximum atomic E-state index is 11.6. The summed E-state index contributed by atoms with van der Waals surface area (Å²) in [4.78, 5) is 11.6. The largest absolute Gasteiger partial charge is 0.477 e. The molecular weight excluding hydrogens is 288 g/mol. The molecule has 0 spiro atoms. The first kappa shape index (κ1) is 15.8. The van der Waals surface area contributed by atoms with Gasteiger partial charge in [-0.15, -0.1) is 0 Å². The molecule has 4 nitrogen and oxygen atoms in total. The van der Waals surface area contributed by atoms with Crippen LogP contribution in [-0.4, -0.2) is 22.2 Å². The van der Waals surface area contributed by atoms with E-state index in [0.717, 1.165) is 29.4 Å². The molecule has 0 saturated heterocycles. The molecule has 23 heavy (non-hydrogen) atoms. The van der Waals surface area contributed by atoms with Crippen LogP contribution in [0.5, 0.6) is 0 Å². The first-order chi connectivity index (χ1) is 11.2. The lowest BCUT2D eigenvalue weighted by atomic mass is 9.97. The third-order valence-electron chi connectivity index (χ3n) is 4.72. The SMILES string of the molecule is Cn1c(C(=O)O)c(CNCCC2=CCCCC2)c2ccccc21. The van der Waals surface area contributed by atoms with Crippen molar-refractivity contribution >= 4 is 16.9 Å². The molecule has 3 rings (SSSR count). The number of aromatic nitrogens is 1. The Bertz CT molecular complexity index is 743. The number of aryl methyl sites for hydroxylation is 1. The third-order valence-corrected chi connectivity index (χ3v) is 4.72. The minimum atomic E-state index is -0.865. The van der Waals surface area contributed by atoms with E-state index in [1.807, 2.05) is 31.3 Å². The Kier molecular flexibility index (Phi) is 4.82. The molecule has 0 fully saturated rings. The van der Waals surface area contributed by atoms with E-state index in [9.17, 15) is 9.90 Å². The van der Waals surface area contributed by atoms with Gasteiger partial charge in [-0.3, -0.25) is 0 Å². The summed E-state index contributed by atoms with van der Waals surface area (Å²) in [6.45, 7) is 1.49. The summed E-state index contributed by atoms with van der Waals surface area (Å²) in [5.74, 6) is -0.865. The van der Waals surface area contributed by atoms with Crippen molar-refractivity contribution in [2.75, 3.05) is 6.54 Å². The molecule has 0 aliphatic heterocycles. The number of aromatic carboxylic acids is 1.